The van der Waals surface area contributed by atoms with Gasteiger partial charge in [-0.25, -0.2) is 8.42 Å². The molecule has 156 valence electrons. The summed E-state index contributed by atoms with van der Waals surface area (Å²) in [5.74, 6) is 0.0334. The molecule has 0 aliphatic carbocycles. The summed E-state index contributed by atoms with van der Waals surface area (Å²) in [4.78, 5) is 12.1. The minimum Gasteiger partial charge on any atom is -0.484 e. The van der Waals surface area contributed by atoms with Gasteiger partial charge >= 0.3 is 0 Å². The number of carbonyl (C=O) groups excluding carboxylic acids is 1. The Labute approximate surface area is 188 Å². The van der Waals surface area contributed by atoms with Crippen molar-refractivity contribution in [2.24, 2.45) is 0 Å². The third-order valence-corrected chi connectivity index (χ3v) is 6.57. The number of para-hydroxylation sites is 1. The number of ether oxygens (including phenoxy) is 1. The summed E-state index contributed by atoms with van der Waals surface area (Å²) in [5.41, 5.74) is 1.86. The second-order valence-electron chi connectivity index (χ2n) is 6.36. The SMILES string of the molecule is Cc1ccc(NS(=O)(=O)c2ccc(OCC(=O)Nc3ccccc3Br)cc2)cc1Cl. The highest BCUT2D eigenvalue weighted by Gasteiger charge is 2.15. The number of hydrogen-bond donors (Lipinski definition) is 2. The summed E-state index contributed by atoms with van der Waals surface area (Å²) in [5, 5.41) is 3.20. The third kappa shape index (κ3) is 5.75. The second-order valence-corrected chi connectivity index (χ2v) is 9.30. The molecule has 0 aliphatic heterocycles. The van der Waals surface area contributed by atoms with Crippen LogP contribution < -0.4 is 14.8 Å². The highest BCUT2D eigenvalue weighted by molar-refractivity contribution is 9.10. The Kier molecular flexibility index (Phi) is 7.02. The van der Waals surface area contributed by atoms with E-state index in [0.717, 1.165) is 10.0 Å². The zero-order valence-electron chi connectivity index (χ0n) is 15.9. The molecular formula is C21H18BrClN2O4S. The molecular weight excluding hydrogens is 492 g/mol. The molecule has 0 atom stereocenters. The summed E-state index contributed by atoms with van der Waals surface area (Å²) in [7, 11) is -3.79. The smallest absolute Gasteiger partial charge is 0.262 e. The van der Waals surface area contributed by atoms with Gasteiger partial charge in [-0.1, -0.05) is 29.8 Å². The van der Waals surface area contributed by atoms with E-state index in [4.69, 9.17) is 16.3 Å². The first-order chi connectivity index (χ1) is 14.2. The molecule has 9 heteroatoms. The summed E-state index contributed by atoms with van der Waals surface area (Å²) >= 11 is 9.40. The minimum atomic E-state index is -3.79. The van der Waals surface area contributed by atoms with Gasteiger partial charge in [0, 0.05) is 9.50 Å². The molecule has 2 N–H and O–H groups in total. The fourth-order valence-electron chi connectivity index (χ4n) is 2.48. The number of nitrogens with one attached hydrogen (secondary N) is 2. The maximum Gasteiger partial charge on any atom is 0.262 e. The Bertz CT molecular complexity index is 1170. The van der Waals surface area contributed by atoms with Crippen molar-refractivity contribution in [3.8, 4) is 5.75 Å². The van der Waals surface area contributed by atoms with E-state index in [2.05, 4.69) is 26.0 Å². The van der Waals surface area contributed by atoms with Gasteiger partial charge in [-0.3, -0.25) is 9.52 Å². The van der Waals surface area contributed by atoms with Gasteiger partial charge in [0.1, 0.15) is 5.75 Å². The van der Waals surface area contributed by atoms with Crippen molar-refractivity contribution in [3.63, 3.8) is 0 Å². The predicted octanol–water partition coefficient (Wildman–Crippen LogP) is 5.23. The molecule has 1 amide bonds. The molecule has 3 rings (SSSR count). The molecule has 0 bridgehead atoms. The lowest BCUT2D eigenvalue weighted by atomic mass is 10.2. The van der Waals surface area contributed by atoms with Gasteiger partial charge in [0.15, 0.2) is 6.61 Å². The van der Waals surface area contributed by atoms with E-state index in [-0.39, 0.29) is 17.4 Å². The average molecular weight is 510 g/mol. The van der Waals surface area contributed by atoms with Crippen LogP contribution in [0, 0.1) is 6.92 Å². The van der Waals surface area contributed by atoms with Crippen LogP contribution in [0.25, 0.3) is 0 Å². The summed E-state index contributed by atoms with van der Waals surface area (Å²) in [6, 6.07) is 17.9. The number of sulfonamides is 1. The molecule has 0 fully saturated rings. The first kappa shape index (κ1) is 22.1. The number of carbonyl (C=O) groups is 1. The number of halogens is 2. The number of amides is 1. The first-order valence-corrected chi connectivity index (χ1v) is 11.5. The van der Waals surface area contributed by atoms with Crippen LogP contribution in [-0.4, -0.2) is 20.9 Å². The predicted molar refractivity (Wildman–Crippen MR) is 122 cm³/mol. The fourth-order valence-corrected chi connectivity index (χ4v) is 4.10. The average Bonchev–Trinajstić information content (AvgIpc) is 2.71. The Morgan fingerprint density at radius 3 is 2.43 bits per heavy atom. The number of aryl methyl sites for hydroxylation is 1. The van der Waals surface area contributed by atoms with E-state index < -0.39 is 10.0 Å². The number of rotatable bonds is 7. The minimum absolute atomic E-state index is 0.0595. The van der Waals surface area contributed by atoms with E-state index >= 15 is 0 Å². The standard InChI is InChI=1S/C21H18BrClN2O4S/c1-14-6-7-15(12-19(14)23)25-30(27,28)17-10-8-16(9-11-17)29-13-21(26)24-20-5-3-2-4-18(20)22/h2-12,25H,13H2,1H3,(H,24,26). The highest BCUT2D eigenvalue weighted by atomic mass is 79.9. The zero-order chi connectivity index (χ0) is 21.7. The van der Waals surface area contributed by atoms with E-state index in [1.165, 1.54) is 24.3 Å². The first-order valence-electron chi connectivity index (χ1n) is 8.81. The van der Waals surface area contributed by atoms with Crippen LogP contribution in [0.5, 0.6) is 5.75 Å². The number of benzene rings is 3. The molecule has 0 heterocycles. The maximum absolute atomic E-state index is 12.5. The molecule has 3 aromatic rings. The summed E-state index contributed by atoms with van der Waals surface area (Å²) in [6.45, 7) is 1.62. The molecule has 3 aromatic carbocycles. The fraction of sp³-hybridized carbons (Fsp3) is 0.0952. The van der Waals surface area contributed by atoms with Crippen LogP contribution in [0.1, 0.15) is 5.56 Å². The third-order valence-electron chi connectivity index (χ3n) is 4.08. The van der Waals surface area contributed by atoms with Crippen LogP contribution in [0.3, 0.4) is 0 Å². The van der Waals surface area contributed by atoms with Crippen LogP contribution in [0.2, 0.25) is 5.02 Å². The largest absolute Gasteiger partial charge is 0.484 e. The quantitative estimate of drug-likeness (QED) is 0.457. The molecule has 0 unspecified atom stereocenters. The van der Waals surface area contributed by atoms with Crippen molar-refractivity contribution in [3.05, 3.63) is 81.8 Å². The molecule has 0 aromatic heterocycles. The van der Waals surface area contributed by atoms with Crippen LogP contribution in [-0.2, 0) is 14.8 Å². The van der Waals surface area contributed by atoms with Gasteiger partial charge in [0.2, 0.25) is 0 Å². The van der Waals surface area contributed by atoms with Crippen LogP contribution in [0.15, 0.2) is 76.1 Å². The van der Waals surface area contributed by atoms with Crippen LogP contribution >= 0.6 is 27.5 Å². The van der Waals surface area contributed by atoms with Crippen molar-refractivity contribution >= 4 is 54.8 Å². The van der Waals surface area contributed by atoms with Crippen molar-refractivity contribution < 1.29 is 17.9 Å². The Morgan fingerprint density at radius 1 is 1.07 bits per heavy atom. The summed E-state index contributed by atoms with van der Waals surface area (Å²) < 4.78 is 33.8. The van der Waals surface area contributed by atoms with Gasteiger partial charge in [0.25, 0.3) is 15.9 Å². The molecule has 0 saturated heterocycles. The topological polar surface area (TPSA) is 84.5 Å². The molecule has 0 radical (unpaired) electrons. The number of hydrogen-bond acceptors (Lipinski definition) is 4. The molecule has 30 heavy (non-hydrogen) atoms. The monoisotopic (exact) mass is 508 g/mol. The lowest BCUT2D eigenvalue weighted by Gasteiger charge is -2.11. The lowest BCUT2D eigenvalue weighted by Crippen LogP contribution is -2.20. The van der Waals surface area contributed by atoms with E-state index in [1.54, 1.807) is 30.3 Å². The van der Waals surface area contributed by atoms with E-state index in [0.29, 0.717) is 22.1 Å². The Balaban J connectivity index is 1.60. The lowest BCUT2D eigenvalue weighted by molar-refractivity contribution is -0.118. The molecule has 0 spiro atoms. The van der Waals surface area contributed by atoms with Crippen LogP contribution in [0.4, 0.5) is 11.4 Å². The van der Waals surface area contributed by atoms with Gasteiger partial charge in [0.05, 0.1) is 16.3 Å². The van der Waals surface area contributed by atoms with E-state index in [1.807, 2.05) is 19.1 Å². The van der Waals surface area contributed by atoms with Crippen molar-refractivity contribution in [1.29, 1.82) is 0 Å². The van der Waals surface area contributed by atoms with Gasteiger partial charge in [-0.2, -0.15) is 0 Å². The molecule has 0 aliphatic rings. The molecule has 6 nitrogen and oxygen atoms in total. The van der Waals surface area contributed by atoms with E-state index in [9.17, 15) is 13.2 Å². The second kappa shape index (κ2) is 9.51. The van der Waals surface area contributed by atoms with Gasteiger partial charge < -0.3 is 10.1 Å². The Morgan fingerprint density at radius 2 is 1.77 bits per heavy atom. The highest BCUT2D eigenvalue weighted by Crippen LogP contribution is 2.24. The van der Waals surface area contributed by atoms with Crippen molar-refractivity contribution in [2.75, 3.05) is 16.6 Å². The van der Waals surface area contributed by atoms with Crippen molar-refractivity contribution in [1.82, 2.24) is 0 Å². The summed E-state index contributed by atoms with van der Waals surface area (Å²) in [6.07, 6.45) is 0. The van der Waals surface area contributed by atoms with Crippen molar-refractivity contribution in [2.45, 2.75) is 11.8 Å². The van der Waals surface area contributed by atoms with Gasteiger partial charge in [-0.15, -0.1) is 0 Å². The normalized spacial score (nSPS) is 11.0. The molecule has 0 saturated carbocycles. The maximum atomic E-state index is 12.5. The van der Waals surface area contributed by atoms with Gasteiger partial charge in [-0.05, 0) is 76.9 Å². The zero-order valence-corrected chi connectivity index (χ0v) is 19.0. The Hall–Kier alpha value is -2.55. The number of anilines is 2.